The maximum atomic E-state index is 12.2. The summed E-state index contributed by atoms with van der Waals surface area (Å²) in [5.41, 5.74) is 1.03. The minimum Gasteiger partial charge on any atom is -0.497 e. The molecule has 1 amide bonds. The third kappa shape index (κ3) is 3.47. The quantitative estimate of drug-likeness (QED) is 0.808. The fourth-order valence-corrected chi connectivity index (χ4v) is 2.75. The summed E-state index contributed by atoms with van der Waals surface area (Å²) in [7, 11) is 3.27. The number of rotatable bonds is 6. The van der Waals surface area contributed by atoms with E-state index in [1.165, 1.54) is 0 Å². The third-order valence-electron chi connectivity index (χ3n) is 3.80. The molecule has 1 fully saturated rings. The molecule has 1 saturated heterocycles. The summed E-state index contributed by atoms with van der Waals surface area (Å²) in [5, 5.41) is 0. The smallest absolute Gasteiger partial charge is 0.249 e. The van der Waals surface area contributed by atoms with Gasteiger partial charge in [-0.05, 0) is 31.9 Å². The molecule has 0 N–H and O–H groups in total. The molecule has 1 aromatic carbocycles. The van der Waals surface area contributed by atoms with Crippen molar-refractivity contribution in [1.29, 1.82) is 0 Å². The Balaban J connectivity index is 2.21. The van der Waals surface area contributed by atoms with Gasteiger partial charge in [-0.3, -0.25) is 4.79 Å². The Kier molecular flexibility index (Phi) is 5.44. The van der Waals surface area contributed by atoms with Crippen molar-refractivity contribution in [2.75, 3.05) is 34.0 Å². The van der Waals surface area contributed by atoms with Gasteiger partial charge < -0.3 is 19.1 Å². The Bertz CT molecular complexity index is 489. The molecule has 0 radical (unpaired) electrons. The molecule has 2 rings (SSSR count). The van der Waals surface area contributed by atoms with E-state index < -0.39 is 0 Å². The van der Waals surface area contributed by atoms with E-state index in [1.54, 1.807) is 14.2 Å². The molecule has 0 aromatic heterocycles. The zero-order chi connectivity index (χ0) is 15.2. The van der Waals surface area contributed by atoms with Crippen LogP contribution in [0.4, 0.5) is 0 Å². The molecule has 1 aliphatic rings. The van der Waals surface area contributed by atoms with Crippen LogP contribution in [0.15, 0.2) is 18.2 Å². The van der Waals surface area contributed by atoms with E-state index >= 15 is 0 Å². The lowest BCUT2D eigenvalue weighted by molar-refractivity contribution is -0.136. The van der Waals surface area contributed by atoms with Crippen LogP contribution in [0.1, 0.15) is 31.4 Å². The lowest BCUT2D eigenvalue weighted by Gasteiger charge is -2.26. The summed E-state index contributed by atoms with van der Waals surface area (Å²) >= 11 is 0. The second-order valence-corrected chi connectivity index (χ2v) is 4.99. The van der Waals surface area contributed by atoms with E-state index in [1.807, 2.05) is 30.0 Å². The largest absolute Gasteiger partial charge is 0.497 e. The summed E-state index contributed by atoms with van der Waals surface area (Å²) in [5.74, 6) is 1.55. The Morgan fingerprint density at radius 2 is 2.14 bits per heavy atom. The number of carbonyl (C=O) groups is 1. The molecule has 5 heteroatoms. The van der Waals surface area contributed by atoms with Gasteiger partial charge in [-0.15, -0.1) is 0 Å². The van der Waals surface area contributed by atoms with Gasteiger partial charge in [0.25, 0.3) is 0 Å². The zero-order valence-corrected chi connectivity index (χ0v) is 12.9. The maximum absolute atomic E-state index is 12.2. The second-order valence-electron chi connectivity index (χ2n) is 4.99. The molecular weight excluding hydrogens is 270 g/mol. The highest BCUT2D eigenvalue weighted by molar-refractivity contribution is 5.78. The monoisotopic (exact) mass is 293 g/mol. The van der Waals surface area contributed by atoms with Gasteiger partial charge in [-0.25, -0.2) is 0 Å². The number of carbonyl (C=O) groups excluding carboxylic acids is 1. The van der Waals surface area contributed by atoms with Gasteiger partial charge in [-0.1, -0.05) is 0 Å². The van der Waals surface area contributed by atoms with Crippen LogP contribution in [-0.4, -0.2) is 44.8 Å². The number of methoxy groups -OCH3 is 2. The zero-order valence-electron chi connectivity index (χ0n) is 12.9. The van der Waals surface area contributed by atoms with Crippen molar-refractivity contribution >= 4 is 5.91 Å². The molecule has 21 heavy (non-hydrogen) atoms. The standard InChI is InChI=1S/C16H23NO4/c1-4-21-11-16(18)17-9-5-6-14(17)13-8-7-12(19-2)10-15(13)20-3/h7-8,10,14H,4-6,9,11H2,1-3H3. The van der Waals surface area contributed by atoms with Gasteiger partial charge in [0.05, 0.1) is 20.3 Å². The molecular formula is C16H23NO4. The van der Waals surface area contributed by atoms with Crippen LogP contribution in [0.5, 0.6) is 11.5 Å². The topological polar surface area (TPSA) is 48.0 Å². The normalized spacial score (nSPS) is 17.9. The molecule has 0 saturated carbocycles. The van der Waals surface area contributed by atoms with Gasteiger partial charge in [0.1, 0.15) is 18.1 Å². The molecule has 1 atom stereocenters. The highest BCUT2D eigenvalue weighted by Crippen LogP contribution is 2.38. The van der Waals surface area contributed by atoms with Crippen molar-refractivity contribution < 1.29 is 19.0 Å². The van der Waals surface area contributed by atoms with Crippen molar-refractivity contribution in [1.82, 2.24) is 4.90 Å². The van der Waals surface area contributed by atoms with E-state index in [9.17, 15) is 4.79 Å². The minimum absolute atomic E-state index is 0.0391. The first kappa shape index (κ1) is 15.6. The molecule has 1 unspecified atom stereocenters. The van der Waals surface area contributed by atoms with E-state index in [4.69, 9.17) is 14.2 Å². The van der Waals surface area contributed by atoms with Crippen LogP contribution in [-0.2, 0) is 9.53 Å². The third-order valence-corrected chi connectivity index (χ3v) is 3.80. The molecule has 5 nitrogen and oxygen atoms in total. The van der Waals surface area contributed by atoms with Gasteiger partial charge in [0.15, 0.2) is 0 Å². The predicted molar refractivity (Wildman–Crippen MR) is 79.7 cm³/mol. The average molecular weight is 293 g/mol. The second kappa shape index (κ2) is 7.31. The predicted octanol–water partition coefficient (Wildman–Crippen LogP) is 2.40. The number of ether oxygens (including phenoxy) is 3. The van der Waals surface area contributed by atoms with Crippen LogP contribution < -0.4 is 9.47 Å². The van der Waals surface area contributed by atoms with Crippen molar-refractivity contribution in [3.63, 3.8) is 0 Å². The highest BCUT2D eigenvalue weighted by atomic mass is 16.5. The number of hydrogen-bond acceptors (Lipinski definition) is 4. The van der Waals surface area contributed by atoms with Crippen molar-refractivity contribution in [2.45, 2.75) is 25.8 Å². The average Bonchev–Trinajstić information content (AvgIpc) is 3.01. The van der Waals surface area contributed by atoms with Crippen LogP contribution in [0.3, 0.4) is 0 Å². The summed E-state index contributed by atoms with van der Waals surface area (Å²) in [6, 6.07) is 5.80. The fourth-order valence-electron chi connectivity index (χ4n) is 2.75. The van der Waals surface area contributed by atoms with E-state index in [2.05, 4.69) is 0 Å². The van der Waals surface area contributed by atoms with E-state index in [0.29, 0.717) is 6.61 Å². The fraction of sp³-hybridized carbons (Fsp3) is 0.562. The molecule has 0 aliphatic carbocycles. The first-order valence-electron chi connectivity index (χ1n) is 7.30. The number of nitrogens with zero attached hydrogens (tertiary/aromatic N) is 1. The van der Waals surface area contributed by atoms with E-state index in [-0.39, 0.29) is 18.6 Å². The molecule has 1 heterocycles. The Morgan fingerprint density at radius 1 is 1.33 bits per heavy atom. The number of hydrogen-bond donors (Lipinski definition) is 0. The Hall–Kier alpha value is -1.75. The van der Waals surface area contributed by atoms with Gasteiger partial charge in [0, 0.05) is 24.8 Å². The van der Waals surface area contributed by atoms with Gasteiger partial charge >= 0.3 is 0 Å². The van der Waals surface area contributed by atoms with Crippen LogP contribution in [0.25, 0.3) is 0 Å². The maximum Gasteiger partial charge on any atom is 0.249 e. The Labute approximate surface area is 125 Å². The lowest BCUT2D eigenvalue weighted by Crippen LogP contribution is -2.33. The van der Waals surface area contributed by atoms with Crippen molar-refractivity contribution in [2.24, 2.45) is 0 Å². The van der Waals surface area contributed by atoms with Gasteiger partial charge in [0.2, 0.25) is 5.91 Å². The first-order valence-corrected chi connectivity index (χ1v) is 7.30. The summed E-state index contributed by atoms with van der Waals surface area (Å²) in [6.07, 6.45) is 1.94. The molecule has 0 spiro atoms. The van der Waals surface area contributed by atoms with Gasteiger partial charge in [-0.2, -0.15) is 0 Å². The SMILES string of the molecule is CCOCC(=O)N1CCCC1c1ccc(OC)cc1OC. The summed E-state index contributed by atoms with van der Waals surface area (Å²) < 4.78 is 15.9. The highest BCUT2D eigenvalue weighted by Gasteiger charge is 2.31. The number of amides is 1. The van der Waals surface area contributed by atoms with Crippen molar-refractivity contribution in [3.8, 4) is 11.5 Å². The lowest BCUT2D eigenvalue weighted by atomic mass is 10.0. The van der Waals surface area contributed by atoms with Crippen LogP contribution in [0, 0.1) is 0 Å². The van der Waals surface area contributed by atoms with E-state index in [0.717, 1.165) is 36.4 Å². The molecule has 1 aromatic rings. The summed E-state index contributed by atoms with van der Waals surface area (Å²) in [4.78, 5) is 14.1. The van der Waals surface area contributed by atoms with Crippen LogP contribution in [0.2, 0.25) is 0 Å². The summed E-state index contributed by atoms with van der Waals surface area (Å²) in [6.45, 7) is 3.36. The molecule has 116 valence electrons. The first-order chi connectivity index (χ1) is 10.2. The van der Waals surface area contributed by atoms with Crippen LogP contribution >= 0.6 is 0 Å². The number of likely N-dealkylation sites (tertiary alicyclic amines) is 1. The minimum atomic E-state index is 0.0391. The Morgan fingerprint density at radius 3 is 2.81 bits per heavy atom. The number of benzene rings is 1. The molecule has 0 bridgehead atoms. The molecule has 1 aliphatic heterocycles. The van der Waals surface area contributed by atoms with Crippen molar-refractivity contribution in [3.05, 3.63) is 23.8 Å².